The van der Waals surface area contributed by atoms with Crippen molar-refractivity contribution < 1.29 is 17.6 Å². The van der Waals surface area contributed by atoms with Crippen molar-refractivity contribution in [1.82, 2.24) is 9.80 Å². The zero-order valence-corrected chi connectivity index (χ0v) is 10.6. The van der Waals surface area contributed by atoms with E-state index in [4.69, 9.17) is 5.73 Å². The molecule has 1 amide bonds. The number of carbonyl (C=O) groups is 1. The lowest BCUT2D eigenvalue weighted by molar-refractivity contribution is -0.135. The fraction of sp³-hybridized carbons (Fsp3) is 0.889. The second kappa shape index (κ2) is 5.74. The predicted molar refractivity (Wildman–Crippen MR) is 61.8 cm³/mol. The molecule has 0 aromatic carbocycles. The van der Waals surface area contributed by atoms with Gasteiger partial charge in [0.25, 0.3) is 11.4 Å². The normalized spacial score (nSPS) is 20.3. The van der Waals surface area contributed by atoms with Crippen molar-refractivity contribution in [3.05, 3.63) is 0 Å². The van der Waals surface area contributed by atoms with Crippen LogP contribution in [0.5, 0.6) is 0 Å². The van der Waals surface area contributed by atoms with Crippen molar-refractivity contribution in [2.24, 2.45) is 5.73 Å². The third kappa shape index (κ3) is 3.62. The van der Waals surface area contributed by atoms with E-state index in [-0.39, 0.29) is 6.54 Å². The summed E-state index contributed by atoms with van der Waals surface area (Å²) in [5.41, 5.74) is 2.59. The van der Waals surface area contributed by atoms with Gasteiger partial charge in [-0.25, -0.2) is 12.8 Å². The van der Waals surface area contributed by atoms with Crippen LogP contribution in [0.25, 0.3) is 0 Å². The topological polar surface area (TPSA) is 83.7 Å². The van der Waals surface area contributed by atoms with Gasteiger partial charge in [0.15, 0.2) is 9.84 Å². The van der Waals surface area contributed by atoms with Crippen LogP contribution in [0.3, 0.4) is 0 Å². The van der Waals surface area contributed by atoms with Crippen LogP contribution in [0.15, 0.2) is 0 Å². The smallest absolute Gasteiger partial charge is 0.278 e. The number of alkyl halides is 1. The monoisotopic (exact) mass is 267 g/mol. The van der Waals surface area contributed by atoms with Gasteiger partial charge in [0.2, 0.25) is 0 Å². The molecule has 0 aromatic rings. The van der Waals surface area contributed by atoms with Crippen LogP contribution >= 0.6 is 0 Å². The van der Waals surface area contributed by atoms with Crippen LogP contribution in [0.1, 0.15) is 0 Å². The summed E-state index contributed by atoms with van der Waals surface area (Å²) in [5, 5.41) is 0. The molecule has 1 atom stereocenters. The summed E-state index contributed by atoms with van der Waals surface area (Å²) in [4.78, 5) is 14.9. The number of amides is 1. The molecule has 8 heteroatoms. The van der Waals surface area contributed by atoms with Crippen molar-refractivity contribution >= 4 is 15.7 Å². The highest BCUT2D eigenvalue weighted by atomic mass is 32.2. The van der Waals surface area contributed by atoms with Gasteiger partial charge in [-0.15, -0.1) is 0 Å². The van der Waals surface area contributed by atoms with Gasteiger partial charge < -0.3 is 15.5 Å². The van der Waals surface area contributed by atoms with Crippen LogP contribution in [0.4, 0.5) is 4.39 Å². The number of nitrogens with two attached hydrogens (primary N) is 1. The SMILES string of the molecule is CN1CCN(C(=O)C(F)S(=O)(=O)CCN)CC1. The molecule has 100 valence electrons. The quantitative estimate of drug-likeness (QED) is 0.665. The number of nitrogens with zero attached hydrogens (tertiary/aromatic N) is 2. The molecular formula is C9H18FN3O3S. The van der Waals surface area contributed by atoms with Gasteiger partial charge in [0.05, 0.1) is 5.75 Å². The molecule has 0 spiro atoms. The van der Waals surface area contributed by atoms with Gasteiger partial charge in [0, 0.05) is 32.7 Å². The molecule has 1 saturated heterocycles. The molecule has 0 radical (unpaired) electrons. The Labute approximate surface area is 100 Å². The Kier molecular flexibility index (Phi) is 4.84. The predicted octanol–water partition coefficient (Wildman–Crippen LogP) is -1.57. The van der Waals surface area contributed by atoms with Gasteiger partial charge in [-0.1, -0.05) is 0 Å². The minimum Gasteiger partial charge on any atom is -0.337 e. The Balaban J connectivity index is 2.64. The molecule has 2 N–H and O–H groups in total. The standard InChI is InChI=1S/C9H18FN3O3S/c1-12-3-5-13(6-4-12)9(14)8(10)17(15,16)7-2-11/h8H,2-7,11H2,1H3. The number of rotatable bonds is 4. The summed E-state index contributed by atoms with van der Waals surface area (Å²) in [7, 11) is -2.18. The van der Waals surface area contributed by atoms with E-state index in [0.29, 0.717) is 26.2 Å². The average molecular weight is 267 g/mol. The van der Waals surface area contributed by atoms with Gasteiger partial charge in [0.1, 0.15) is 0 Å². The molecule has 0 aliphatic carbocycles. The fourth-order valence-corrected chi connectivity index (χ4v) is 2.58. The summed E-state index contributed by atoms with van der Waals surface area (Å²) in [6.45, 7) is 1.77. The number of likely N-dealkylation sites (N-methyl/N-ethyl adjacent to an activating group) is 1. The molecule has 1 unspecified atom stereocenters. The Morgan fingerprint density at radius 2 is 1.88 bits per heavy atom. The van der Waals surface area contributed by atoms with E-state index in [2.05, 4.69) is 0 Å². The van der Waals surface area contributed by atoms with Gasteiger partial charge in [-0.05, 0) is 7.05 Å². The largest absolute Gasteiger partial charge is 0.337 e. The second-order valence-electron chi connectivity index (χ2n) is 4.10. The van der Waals surface area contributed by atoms with Crippen LogP contribution in [0, 0.1) is 0 Å². The molecule has 1 rings (SSSR count). The van der Waals surface area contributed by atoms with Gasteiger partial charge in [-0.2, -0.15) is 0 Å². The minimum atomic E-state index is -4.07. The van der Waals surface area contributed by atoms with E-state index in [1.54, 1.807) is 0 Å². The van der Waals surface area contributed by atoms with Crippen LogP contribution in [-0.2, 0) is 14.6 Å². The van der Waals surface area contributed by atoms with Crippen LogP contribution in [-0.4, -0.2) is 75.2 Å². The average Bonchev–Trinajstić information content (AvgIpc) is 2.28. The minimum absolute atomic E-state index is 0.182. The van der Waals surface area contributed by atoms with Crippen molar-refractivity contribution in [1.29, 1.82) is 0 Å². The van der Waals surface area contributed by atoms with Gasteiger partial charge in [-0.3, -0.25) is 4.79 Å². The summed E-state index contributed by atoms with van der Waals surface area (Å²) in [5.74, 6) is -1.47. The Morgan fingerprint density at radius 1 is 1.35 bits per heavy atom. The first kappa shape index (κ1) is 14.3. The highest BCUT2D eigenvalue weighted by Crippen LogP contribution is 2.10. The first-order valence-electron chi connectivity index (χ1n) is 5.41. The highest BCUT2D eigenvalue weighted by molar-refractivity contribution is 7.92. The van der Waals surface area contributed by atoms with Crippen LogP contribution in [0.2, 0.25) is 0 Å². The number of piperazine rings is 1. The summed E-state index contributed by atoms with van der Waals surface area (Å²) >= 11 is 0. The van der Waals surface area contributed by atoms with Crippen molar-refractivity contribution in [2.75, 3.05) is 45.5 Å². The lowest BCUT2D eigenvalue weighted by atomic mass is 10.3. The lowest BCUT2D eigenvalue weighted by Gasteiger charge is -2.32. The van der Waals surface area contributed by atoms with Crippen molar-refractivity contribution in [3.8, 4) is 0 Å². The van der Waals surface area contributed by atoms with Gasteiger partial charge >= 0.3 is 0 Å². The zero-order chi connectivity index (χ0) is 13.1. The Hall–Kier alpha value is -0.730. The second-order valence-corrected chi connectivity index (χ2v) is 6.25. The molecule has 17 heavy (non-hydrogen) atoms. The molecule has 1 aliphatic rings. The van der Waals surface area contributed by atoms with E-state index in [9.17, 15) is 17.6 Å². The van der Waals surface area contributed by atoms with E-state index in [1.807, 2.05) is 11.9 Å². The summed E-state index contributed by atoms with van der Waals surface area (Å²) in [6.07, 6.45) is 0. The number of halogens is 1. The van der Waals surface area contributed by atoms with E-state index < -0.39 is 27.0 Å². The van der Waals surface area contributed by atoms with E-state index in [0.717, 1.165) is 0 Å². The molecule has 1 aliphatic heterocycles. The number of hydrogen-bond acceptors (Lipinski definition) is 5. The maximum atomic E-state index is 13.6. The maximum absolute atomic E-state index is 13.6. The van der Waals surface area contributed by atoms with E-state index in [1.165, 1.54) is 4.90 Å². The van der Waals surface area contributed by atoms with Crippen molar-refractivity contribution in [3.63, 3.8) is 0 Å². The first-order chi connectivity index (χ1) is 7.88. The number of sulfone groups is 1. The third-order valence-electron chi connectivity index (χ3n) is 2.73. The first-order valence-corrected chi connectivity index (χ1v) is 7.13. The Bertz CT molecular complexity index is 366. The Morgan fingerprint density at radius 3 is 2.35 bits per heavy atom. The molecule has 6 nitrogen and oxygen atoms in total. The number of carbonyl (C=O) groups excluding carboxylic acids is 1. The third-order valence-corrected chi connectivity index (χ3v) is 4.36. The highest BCUT2D eigenvalue weighted by Gasteiger charge is 2.35. The molecule has 0 aromatic heterocycles. The molecule has 1 heterocycles. The molecule has 1 fully saturated rings. The summed E-state index contributed by atoms with van der Waals surface area (Å²) < 4.78 is 36.3. The van der Waals surface area contributed by atoms with Crippen LogP contribution < -0.4 is 5.73 Å². The fourth-order valence-electron chi connectivity index (χ4n) is 1.59. The van der Waals surface area contributed by atoms with E-state index >= 15 is 0 Å². The number of hydrogen-bond donors (Lipinski definition) is 1. The molecular weight excluding hydrogens is 249 g/mol. The zero-order valence-electron chi connectivity index (χ0n) is 9.80. The lowest BCUT2D eigenvalue weighted by Crippen LogP contribution is -2.51. The van der Waals surface area contributed by atoms with Crippen molar-refractivity contribution in [2.45, 2.75) is 5.50 Å². The maximum Gasteiger partial charge on any atom is 0.278 e. The molecule has 0 bridgehead atoms. The molecule has 0 saturated carbocycles. The summed E-state index contributed by atoms with van der Waals surface area (Å²) in [6, 6.07) is 0.